The van der Waals surface area contributed by atoms with Crippen molar-refractivity contribution in [2.75, 3.05) is 26.3 Å². The summed E-state index contributed by atoms with van der Waals surface area (Å²) in [5, 5.41) is 17.6. The van der Waals surface area contributed by atoms with Gasteiger partial charge < -0.3 is 20.5 Å². The average Bonchev–Trinajstić information content (AvgIpc) is 2.81. The molecule has 0 fully saturated rings. The second-order valence-electron chi connectivity index (χ2n) is 3.51. The Bertz CT molecular complexity index is 367. The monoisotopic (exact) mass is 272 g/mol. The van der Waals surface area contributed by atoms with Crippen LogP contribution in [0.25, 0.3) is 0 Å². The van der Waals surface area contributed by atoms with Crippen molar-refractivity contribution in [2.24, 2.45) is 0 Å². The largest absolute Gasteiger partial charge is 0.480 e. The van der Waals surface area contributed by atoms with Crippen LogP contribution in [0.4, 0.5) is 4.79 Å². The molecule has 0 aliphatic rings. The van der Waals surface area contributed by atoms with Crippen LogP contribution in [0.5, 0.6) is 0 Å². The normalized spacial score (nSPS) is 10.0. The predicted molar refractivity (Wildman–Crippen MR) is 67.9 cm³/mol. The smallest absolute Gasteiger partial charge is 0.329 e. The summed E-state index contributed by atoms with van der Waals surface area (Å²) in [6, 6.07) is 1.74. The fourth-order valence-corrected chi connectivity index (χ4v) is 1.92. The standard InChI is InChI=1S/C11H16N2O4S/c14-10(15)7-17-5-4-13-11(16)12-3-1-9-2-6-18-8-9/h2,6,8H,1,3-5,7H2,(H,14,15)(H2,12,13,16). The molecule has 6 nitrogen and oxygen atoms in total. The summed E-state index contributed by atoms with van der Waals surface area (Å²) in [4.78, 5) is 21.4. The minimum Gasteiger partial charge on any atom is -0.480 e. The zero-order valence-electron chi connectivity index (χ0n) is 9.85. The van der Waals surface area contributed by atoms with Gasteiger partial charge in [-0.25, -0.2) is 9.59 Å². The number of aliphatic carboxylic acids is 1. The molecular weight excluding hydrogens is 256 g/mol. The molecule has 0 atom stereocenters. The maximum atomic E-state index is 11.3. The summed E-state index contributed by atoms with van der Waals surface area (Å²) in [5.41, 5.74) is 1.20. The molecule has 100 valence electrons. The first-order valence-corrected chi connectivity index (χ1v) is 6.45. The zero-order chi connectivity index (χ0) is 13.2. The number of nitrogens with one attached hydrogen (secondary N) is 2. The molecule has 1 aromatic heterocycles. The Morgan fingerprint density at radius 1 is 1.33 bits per heavy atom. The Morgan fingerprint density at radius 3 is 2.78 bits per heavy atom. The minimum absolute atomic E-state index is 0.185. The van der Waals surface area contributed by atoms with Crippen molar-refractivity contribution in [1.29, 1.82) is 0 Å². The number of carbonyl (C=O) groups is 2. The third-order valence-electron chi connectivity index (χ3n) is 2.04. The SMILES string of the molecule is O=C(O)COCCNC(=O)NCCc1ccsc1. The molecule has 1 rings (SSSR count). The predicted octanol–water partition coefficient (Wildman–Crippen LogP) is 0.691. The second-order valence-corrected chi connectivity index (χ2v) is 4.29. The molecule has 0 bridgehead atoms. The van der Waals surface area contributed by atoms with Crippen molar-refractivity contribution in [3.8, 4) is 0 Å². The van der Waals surface area contributed by atoms with Crippen LogP contribution < -0.4 is 10.6 Å². The van der Waals surface area contributed by atoms with E-state index >= 15 is 0 Å². The highest BCUT2D eigenvalue weighted by atomic mass is 32.1. The lowest BCUT2D eigenvalue weighted by Crippen LogP contribution is -2.38. The van der Waals surface area contributed by atoms with Gasteiger partial charge in [0.25, 0.3) is 0 Å². The zero-order valence-corrected chi connectivity index (χ0v) is 10.7. The fourth-order valence-electron chi connectivity index (χ4n) is 1.21. The van der Waals surface area contributed by atoms with Crippen LogP contribution in [0.15, 0.2) is 16.8 Å². The van der Waals surface area contributed by atoms with Crippen LogP contribution in [0.1, 0.15) is 5.56 Å². The maximum Gasteiger partial charge on any atom is 0.329 e. The number of thiophene rings is 1. The number of hydrogen-bond acceptors (Lipinski definition) is 4. The van der Waals surface area contributed by atoms with Crippen LogP contribution in [0, 0.1) is 0 Å². The van der Waals surface area contributed by atoms with E-state index in [0.29, 0.717) is 6.54 Å². The fraction of sp³-hybridized carbons (Fsp3) is 0.455. The number of carboxylic acid groups (broad SMARTS) is 1. The summed E-state index contributed by atoms with van der Waals surface area (Å²) in [6.07, 6.45) is 0.798. The third-order valence-corrected chi connectivity index (χ3v) is 2.77. The van der Waals surface area contributed by atoms with E-state index in [1.165, 1.54) is 5.56 Å². The van der Waals surface area contributed by atoms with Gasteiger partial charge in [-0.1, -0.05) is 0 Å². The number of carbonyl (C=O) groups excluding carboxylic acids is 1. The molecular formula is C11H16N2O4S. The Morgan fingerprint density at radius 2 is 2.11 bits per heavy atom. The van der Waals surface area contributed by atoms with Crippen molar-refractivity contribution in [1.82, 2.24) is 10.6 Å². The van der Waals surface area contributed by atoms with E-state index in [1.807, 2.05) is 16.8 Å². The summed E-state index contributed by atoms with van der Waals surface area (Å²) >= 11 is 1.63. The molecule has 0 unspecified atom stereocenters. The average molecular weight is 272 g/mol. The molecule has 0 aliphatic carbocycles. The van der Waals surface area contributed by atoms with Crippen molar-refractivity contribution in [3.05, 3.63) is 22.4 Å². The van der Waals surface area contributed by atoms with Crippen molar-refractivity contribution >= 4 is 23.3 Å². The van der Waals surface area contributed by atoms with Crippen LogP contribution in [-0.4, -0.2) is 43.4 Å². The molecule has 0 spiro atoms. The minimum atomic E-state index is -1.02. The van der Waals surface area contributed by atoms with E-state index in [1.54, 1.807) is 11.3 Å². The highest BCUT2D eigenvalue weighted by Gasteiger charge is 2.00. The summed E-state index contributed by atoms with van der Waals surface area (Å²) in [7, 11) is 0. The summed E-state index contributed by atoms with van der Waals surface area (Å²) < 4.78 is 4.77. The molecule has 0 aliphatic heterocycles. The number of carboxylic acids is 1. The summed E-state index contributed by atoms with van der Waals surface area (Å²) in [5.74, 6) is -1.02. The van der Waals surface area contributed by atoms with Gasteiger partial charge in [-0.15, -0.1) is 0 Å². The number of urea groups is 1. The van der Waals surface area contributed by atoms with Crippen LogP contribution in [0.2, 0.25) is 0 Å². The first-order valence-electron chi connectivity index (χ1n) is 5.51. The molecule has 2 amide bonds. The molecule has 0 aromatic carbocycles. The van der Waals surface area contributed by atoms with Crippen molar-refractivity contribution in [2.45, 2.75) is 6.42 Å². The number of rotatable bonds is 8. The highest BCUT2D eigenvalue weighted by molar-refractivity contribution is 7.07. The van der Waals surface area contributed by atoms with Gasteiger partial charge in [-0.05, 0) is 28.8 Å². The highest BCUT2D eigenvalue weighted by Crippen LogP contribution is 2.05. The van der Waals surface area contributed by atoms with Gasteiger partial charge in [0.1, 0.15) is 6.61 Å². The molecule has 0 saturated carbocycles. The van der Waals surface area contributed by atoms with E-state index in [2.05, 4.69) is 10.6 Å². The van der Waals surface area contributed by atoms with Crippen LogP contribution in [-0.2, 0) is 16.0 Å². The van der Waals surface area contributed by atoms with Gasteiger partial charge in [0.05, 0.1) is 6.61 Å². The quantitative estimate of drug-likeness (QED) is 0.608. The van der Waals surface area contributed by atoms with E-state index in [4.69, 9.17) is 9.84 Å². The topological polar surface area (TPSA) is 87.7 Å². The molecule has 1 heterocycles. The number of ether oxygens (including phenoxy) is 1. The second kappa shape index (κ2) is 8.48. The van der Waals surface area contributed by atoms with Gasteiger partial charge >= 0.3 is 12.0 Å². The Balaban J connectivity index is 1.95. The lowest BCUT2D eigenvalue weighted by atomic mass is 10.2. The molecule has 0 radical (unpaired) electrons. The molecule has 18 heavy (non-hydrogen) atoms. The third kappa shape index (κ3) is 6.87. The maximum absolute atomic E-state index is 11.3. The summed E-state index contributed by atoms with van der Waals surface area (Å²) in [6.45, 7) is 0.696. The van der Waals surface area contributed by atoms with Gasteiger partial charge in [-0.2, -0.15) is 11.3 Å². The van der Waals surface area contributed by atoms with Gasteiger partial charge in [0.15, 0.2) is 0 Å². The number of hydrogen-bond donors (Lipinski definition) is 3. The molecule has 0 saturated heterocycles. The lowest BCUT2D eigenvalue weighted by molar-refractivity contribution is -0.142. The van der Waals surface area contributed by atoms with Gasteiger partial charge in [0, 0.05) is 13.1 Å². The van der Waals surface area contributed by atoms with E-state index in [-0.39, 0.29) is 25.8 Å². The van der Waals surface area contributed by atoms with Crippen molar-refractivity contribution in [3.63, 3.8) is 0 Å². The Kier molecular flexibility index (Phi) is 6.82. The lowest BCUT2D eigenvalue weighted by Gasteiger charge is -2.06. The molecule has 3 N–H and O–H groups in total. The van der Waals surface area contributed by atoms with E-state index in [0.717, 1.165) is 6.42 Å². The van der Waals surface area contributed by atoms with Crippen LogP contribution >= 0.6 is 11.3 Å². The van der Waals surface area contributed by atoms with E-state index < -0.39 is 5.97 Å². The van der Waals surface area contributed by atoms with Crippen LogP contribution in [0.3, 0.4) is 0 Å². The van der Waals surface area contributed by atoms with E-state index in [9.17, 15) is 9.59 Å². The van der Waals surface area contributed by atoms with Gasteiger partial charge in [0.2, 0.25) is 0 Å². The van der Waals surface area contributed by atoms with Gasteiger partial charge in [-0.3, -0.25) is 0 Å². The molecule has 7 heteroatoms. The number of amides is 2. The first-order chi connectivity index (χ1) is 8.68. The Hall–Kier alpha value is -1.60. The molecule has 1 aromatic rings. The first kappa shape index (κ1) is 14.5. The van der Waals surface area contributed by atoms with Crippen molar-refractivity contribution < 1.29 is 19.4 Å². The Labute approximate surface area is 109 Å².